The summed E-state index contributed by atoms with van der Waals surface area (Å²) in [5.74, 6) is -1.42. The van der Waals surface area contributed by atoms with Crippen molar-refractivity contribution in [3.63, 3.8) is 0 Å². The van der Waals surface area contributed by atoms with Gasteiger partial charge in [0.25, 0.3) is 5.91 Å². The minimum absolute atomic E-state index is 0.0417. The SMILES string of the molecule is Nc1cc(C(=O)O)ccc1C(=O)N(c1ccccc1)c1ccccc1. The molecule has 0 atom stereocenters. The van der Waals surface area contributed by atoms with Crippen LogP contribution >= 0.6 is 0 Å². The minimum Gasteiger partial charge on any atom is -0.478 e. The molecule has 3 aromatic carbocycles. The molecule has 3 aromatic rings. The summed E-state index contributed by atoms with van der Waals surface area (Å²) in [4.78, 5) is 25.8. The van der Waals surface area contributed by atoms with Gasteiger partial charge in [0, 0.05) is 17.1 Å². The molecule has 3 N–H and O–H groups in total. The highest BCUT2D eigenvalue weighted by Crippen LogP contribution is 2.29. The summed E-state index contributed by atoms with van der Waals surface area (Å²) in [6.45, 7) is 0. The van der Waals surface area contributed by atoms with Crippen LogP contribution in [0.2, 0.25) is 0 Å². The highest BCUT2D eigenvalue weighted by Gasteiger charge is 2.22. The van der Waals surface area contributed by atoms with Crippen LogP contribution in [0.25, 0.3) is 0 Å². The smallest absolute Gasteiger partial charge is 0.335 e. The van der Waals surface area contributed by atoms with E-state index in [1.54, 1.807) is 4.90 Å². The van der Waals surface area contributed by atoms with E-state index in [-0.39, 0.29) is 22.7 Å². The molecule has 0 fully saturated rings. The number of carbonyl (C=O) groups is 2. The summed E-state index contributed by atoms with van der Waals surface area (Å²) >= 11 is 0. The lowest BCUT2D eigenvalue weighted by Gasteiger charge is -2.23. The minimum atomic E-state index is -1.09. The molecule has 5 heteroatoms. The fourth-order valence-electron chi connectivity index (χ4n) is 2.55. The third-order valence-corrected chi connectivity index (χ3v) is 3.76. The number of nitrogen functional groups attached to an aromatic ring is 1. The van der Waals surface area contributed by atoms with E-state index in [9.17, 15) is 9.59 Å². The Bertz CT molecular complexity index is 869. The van der Waals surface area contributed by atoms with Crippen molar-refractivity contribution in [1.82, 2.24) is 0 Å². The predicted octanol–water partition coefficient (Wildman–Crippen LogP) is 3.95. The van der Waals surface area contributed by atoms with Crippen molar-refractivity contribution >= 4 is 28.9 Å². The summed E-state index contributed by atoms with van der Waals surface area (Å²) in [5, 5.41) is 9.05. The number of rotatable bonds is 4. The van der Waals surface area contributed by atoms with Crippen molar-refractivity contribution in [2.45, 2.75) is 0 Å². The molecule has 5 nitrogen and oxygen atoms in total. The third kappa shape index (κ3) is 3.35. The number of carboxylic acids is 1. The van der Waals surface area contributed by atoms with E-state index in [0.717, 1.165) is 0 Å². The van der Waals surface area contributed by atoms with Crippen LogP contribution in [0.4, 0.5) is 17.1 Å². The van der Waals surface area contributed by atoms with Crippen molar-refractivity contribution in [2.75, 3.05) is 10.6 Å². The summed E-state index contributed by atoms with van der Waals surface area (Å²) in [5.41, 5.74) is 7.75. The molecule has 0 unspecified atom stereocenters. The van der Waals surface area contributed by atoms with Crippen molar-refractivity contribution in [3.05, 3.63) is 90.0 Å². The molecular formula is C20H16N2O3. The fourth-order valence-corrected chi connectivity index (χ4v) is 2.55. The Labute approximate surface area is 144 Å². The maximum absolute atomic E-state index is 13.1. The van der Waals surface area contributed by atoms with Crippen LogP contribution in [0.5, 0.6) is 0 Å². The molecule has 0 bridgehead atoms. The van der Waals surface area contributed by atoms with Crippen LogP contribution in [-0.4, -0.2) is 17.0 Å². The highest BCUT2D eigenvalue weighted by molar-refractivity contribution is 6.13. The van der Waals surface area contributed by atoms with E-state index in [1.165, 1.54) is 18.2 Å². The van der Waals surface area contributed by atoms with Crippen LogP contribution in [0.3, 0.4) is 0 Å². The zero-order valence-corrected chi connectivity index (χ0v) is 13.3. The Morgan fingerprint density at radius 1 is 0.800 bits per heavy atom. The first-order valence-electron chi connectivity index (χ1n) is 7.65. The zero-order valence-electron chi connectivity index (χ0n) is 13.3. The average molecular weight is 332 g/mol. The normalized spacial score (nSPS) is 10.2. The van der Waals surface area contributed by atoms with Gasteiger partial charge in [-0.05, 0) is 42.5 Å². The highest BCUT2D eigenvalue weighted by atomic mass is 16.4. The molecule has 0 aliphatic carbocycles. The van der Waals surface area contributed by atoms with Gasteiger partial charge >= 0.3 is 5.97 Å². The second-order valence-corrected chi connectivity index (χ2v) is 5.42. The lowest BCUT2D eigenvalue weighted by Crippen LogP contribution is -2.26. The lowest BCUT2D eigenvalue weighted by atomic mass is 10.1. The number of carbonyl (C=O) groups excluding carboxylic acids is 1. The molecule has 1 amide bonds. The van der Waals surface area contributed by atoms with Gasteiger partial charge in [-0.15, -0.1) is 0 Å². The van der Waals surface area contributed by atoms with E-state index in [2.05, 4.69) is 0 Å². The number of nitrogens with two attached hydrogens (primary N) is 1. The third-order valence-electron chi connectivity index (χ3n) is 3.76. The van der Waals surface area contributed by atoms with Crippen LogP contribution in [0.15, 0.2) is 78.9 Å². The van der Waals surface area contributed by atoms with Crippen molar-refractivity contribution in [3.8, 4) is 0 Å². The maximum Gasteiger partial charge on any atom is 0.335 e. The number of aromatic carboxylic acids is 1. The van der Waals surface area contributed by atoms with Gasteiger partial charge in [-0.25, -0.2) is 4.79 Å². The topological polar surface area (TPSA) is 83.6 Å². The van der Waals surface area contributed by atoms with Crippen molar-refractivity contribution < 1.29 is 14.7 Å². The molecule has 0 saturated heterocycles. The quantitative estimate of drug-likeness (QED) is 0.709. The zero-order chi connectivity index (χ0) is 17.8. The second-order valence-electron chi connectivity index (χ2n) is 5.42. The Morgan fingerprint density at radius 3 is 1.76 bits per heavy atom. The van der Waals surface area contributed by atoms with E-state index in [0.29, 0.717) is 11.4 Å². The largest absolute Gasteiger partial charge is 0.478 e. The number of hydrogen-bond acceptors (Lipinski definition) is 3. The van der Waals surface area contributed by atoms with Crippen molar-refractivity contribution in [2.24, 2.45) is 0 Å². The Morgan fingerprint density at radius 2 is 1.32 bits per heavy atom. The fraction of sp³-hybridized carbons (Fsp3) is 0. The first-order valence-corrected chi connectivity index (χ1v) is 7.65. The summed E-state index contributed by atoms with van der Waals surface area (Å²) in [7, 11) is 0. The first kappa shape index (κ1) is 16.3. The number of nitrogens with zero attached hydrogens (tertiary/aromatic N) is 1. The Hall–Kier alpha value is -3.60. The van der Waals surface area contributed by atoms with Gasteiger partial charge in [-0.3, -0.25) is 9.69 Å². The average Bonchev–Trinajstić information content (AvgIpc) is 2.63. The van der Waals surface area contributed by atoms with Crippen LogP contribution in [0.1, 0.15) is 20.7 Å². The van der Waals surface area contributed by atoms with E-state index in [1.807, 2.05) is 60.7 Å². The molecule has 0 aromatic heterocycles. The lowest BCUT2D eigenvalue weighted by molar-refractivity contribution is 0.0696. The molecular weight excluding hydrogens is 316 g/mol. The molecule has 25 heavy (non-hydrogen) atoms. The molecule has 124 valence electrons. The van der Waals surface area contributed by atoms with Crippen LogP contribution in [0, 0.1) is 0 Å². The number of carboxylic acid groups (broad SMARTS) is 1. The van der Waals surface area contributed by atoms with Crippen LogP contribution in [-0.2, 0) is 0 Å². The van der Waals surface area contributed by atoms with Crippen LogP contribution < -0.4 is 10.6 Å². The van der Waals surface area contributed by atoms with E-state index >= 15 is 0 Å². The summed E-state index contributed by atoms with van der Waals surface area (Å²) in [6, 6.07) is 22.5. The van der Waals surface area contributed by atoms with Gasteiger partial charge in [0.05, 0.1) is 11.1 Å². The number of anilines is 3. The van der Waals surface area contributed by atoms with Gasteiger partial charge in [-0.2, -0.15) is 0 Å². The Balaban J connectivity index is 2.08. The molecule has 0 radical (unpaired) electrons. The molecule has 0 spiro atoms. The summed E-state index contributed by atoms with van der Waals surface area (Å²) < 4.78 is 0. The van der Waals surface area contributed by atoms with Gasteiger partial charge in [-0.1, -0.05) is 36.4 Å². The first-order chi connectivity index (χ1) is 12.1. The number of amides is 1. The predicted molar refractivity (Wildman–Crippen MR) is 97.2 cm³/mol. The molecule has 3 rings (SSSR count). The standard InChI is InChI=1S/C20H16N2O3/c21-18-13-14(20(24)25)11-12-17(18)19(23)22(15-7-3-1-4-8-15)16-9-5-2-6-10-16/h1-13H,21H2,(H,24,25). The molecule has 0 aliphatic heterocycles. The van der Waals surface area contributed by atoms with Gasteiger partial charge in [0.2, 0.25) is 0 Å². The monoisotopic (exact) mass is 332 g/mol. The molecule has 0 aliphatic rings. The summed E-state index contributed by atoms with van der Waals surface area (Å²) in [6.07, 6.45) is 0. The second kappa shape index (κ2) is 6.88. The Kier molecular flexibility index (Phi) is 4.48. The van der Waals surface area contributed by atoms with Gasteiger partial charge in [0.15, 0.2) is 0 Å². The van der Waals surface area contributed by atoms with Crippen molar-refractivity contribution in [1.29, 1.82) is 0 Å². The van der Waals surface area contributed by atoms with Gasteiger partial charge < -0.3 is 10.8 Å². The van der Waals surface area contributed by atoms with E-state index < -0.39 is 5.97 Å². The van der Waals surface area contributed by atoms with Gasteiger partial charge in [0.1, 0.15) is 0 Å². The number of para-hydroxylation sites is 2. The van der Waals surface area contributed by atoms with E-state index in [4.69, 9.17) is 10.8 Å². The molecule has 0 saturated carbocycles. The number of benzene rings is 3. The maximum atomic E-state index is 13.1. The number of hydrogen-bond donors (Lipinski definition) is 2. The molecule has 0 heterocycles.